The van der Waals surface area contributed by atoms with Crippen LogP contribution in [0, 0.1) is 6.92 Å². The van der Waals surface area contributed by atoms with Crippen molar-refractivity contribution in [1.29, 1.82) is 0 Å². The Morgan fingerprint density at radius 2 is 1.74 bits per heavy atom. The van der Waals surface area contributed by atoms with E-state index in [4.69, 9.17) is 0 Å². The molecule has 0 heterocycles. The minimum Gasteiger partial charge on any atom is -0.508 e. The molecule has 1 aliphatic rings. The Morgan fingerprint density at radius 1 is 1.11 bits per heavy atom. The van der Waals surface area contributed by atoms with Gasteiger partial charge in [0.15, 0.2) is 0 Å². The molecule has 1 aromatic carbocycles. The van der Waals surface area contributed by atoms with Crippen LogP contribution in [0.1, 0.15) is 69.0 Å². The summed E-state index contributed by atoms with van der Waals surface area (Å²) in [6.45, 7) is 4.17. The van der Waals surface area contributed by atoms with Crippen LogP contribution in [0.15, 0.2) is 18.2 Å². The standard InChI is InChI=1S/C17H27NO/c1-13-10-11-16(17(19)12-13)14(2)18-15-8-6-4-3-5-7-9-15/h10-12,14-15,18-19H,3-9H2,1-2H3. The number of nitrogens with one attached hydrogen (secondary N) is 1. The van der Waals surface area contributed by atoms with E-state index in [1.807, 2.05) is 19.1 Å². The molecule has 1 atom stereocenters. The molecule has 2 N–H and O–H groups in total. The molecule has 0 bridgehead atoms. The van der Waals surface area contributed by atoms with Crippen LogP contribution in [0.5, 0.6) is 5.75 Å². The quantitative estimate of drug-likeness (QED) is 0.841. The van der Waals surface area contributed by atoms with Gasteiger partial charge in [-0.2, -0.15) is 0 Å². The van der Waals surface area contributed by atoms with Crippen LogP contribution in [0.25, 0.3) is 0 Å². The molecule has 1 saturated carbocycles. The van der Waals surface area contributed by atoms with Crippen molar-refractivity contribution < 1.29 is 5.11 Å². The van der Waals surface area contributed by atoms with Gasteiger partial charge >= 0.3 is 0 Å². The molecule has 0 spiro atoms. The number of rotatable bonds is 3. The number of hydrogen-bond acceptors (Lipinski definition) is 2. The van der Waals surface area contributed by atoms with Crippen LogP contribution < -0.4 is 5.32 Å². The van der Waals surface area contributed by atoms with Crippen molar-refractivity contribution in [2.45, 2.75) is 70.9 Å². The first-order valence-electron chi connectivity index (χ1n) is 7.72. The maximum Gasteiger partial charge on any atom is 0.120 e. The van der Waals surface area contributed by atoms with Crippen molar-refractivity contribution >= 4 is 0 Å². The van der Waals surface area contributed by atoms with Crippen molar-refractivity contribution in [1.82, 2.24) is 5.32 Å². The van der Waals surface area contributed by atoms with Gasteiger partial charge in [0.05, 0.1) is 0 Å². The molecule has 1 aromatic rings. The molecule has 0 radical (unpaired) electrons. The van der Waals surface area contributed by atoms with E-state index in [0.717, 1.165) is 11.1 Å². The topological polar surface area (TPSA) is 32.3 Å². The molecule has 2 nitrogen and oxygen atoms in total. The first kappa shape index (κ1) is 14.4. The fraction of sp³-hybridized carbons (Fsp3) is 0.647. The van der Waals surface area contributed by atoms with E-state index in [1.54, 1.807) is 0 Å². The Balaban J connectivity index is 1.96. The Bertz CT molecular complexity index is 394. The largest absolute Gasteiger partial charge is 0.508 e. The second-order valence-electron chi connectivity index (χ2n) is 5.99. The monoisotopic (exact) mass is 261 g/mol. The first-order chi connectivity index (χ1) is 9.16. The molecular weight excluding hydrogens is 234 g/mol. The Morgan fingerprint density at radius 3 is 2.37 bits per heavy atom. The fourth-order valence-corrected chi connectivity index (χ4v) is 3.09. The molecular formula is C17H27NO. The normalized spacial score (nSPS) is 19.7. The fourth-order valence-electron chi connectivity index (χ4n) is 3.09. The maximum atomic E-state index is 10.1. The summed E-state index contributed by atoms with van der Waals surface area (Å²) in [6.07, 6.45) is 9.38. The van der Waals surface area contributed by atoms with E-state index >= 15 is 0 Å². The summed E-state index contributed by atoms with van der Waals surface area (Å²) >= 11 is 0. The van der Waals surface area contributed by atoms with Gasteiger partial charge in [0.25, 0.3) is 0 Å². The molecule has 1 fully saturated rings. The highest BCUT2D eigenvalue weighted by atomic mass is 16.3. The smallest absolute Gasteiger partial charge is 0.120 e. The van der Waals surface area contributed by atoms with Crippen LogP contribution in [0.2, 0.25) is 0 Å². The SMILES string of the molecule is Cc1ccc(C(C)NC2CCCCCCC2)c(O)c1. The average Bonchev–Trinajstić information content (AvgIpc) is 2.32. The lowest BCUT2D eigenvalue weighted by molar-refractivity contribution is 0.357. The van der Waals surface area contributed by atoms with E-state index in [0.29, 0.717) is 11.8 Å². The third-order valence-electron chi connectivity index (χ3n) is 4.24. The Hall–Kier alpha value is -1.02. The Labute approximate surface area is 117 Å². The number of aryl methyl sites for hydroxylation is 1. The minimum absolute atomic E-state index is 0.227. The van der Waals surface area contributed by atoms with Crippen molar-refractivity contribution in [3.05, 3.63) is 29.3 Å². The molecule has 106 valence electrons. The van der Waals surface area contributed by atoms with Gasteiger partial charge in [-0.3, -0.25) is 0 Å². The van der Waals surface area contributed by atoms with Crippen molar-refractivity contribution in [3.8, 4) is 5.75 Å². The summed E-state index contributed by atoms with van der Waals surface area (Å²) in [4.78, 5) is 0. The lowest BCUT2D eigenvalue weighted by Crippen LogP contribution is -2.32. The number of aromatic hydroxyl groups is 1. The first-order valence-corrected chi connectivity index (χ1v) is 7.72. The Kier molecular flexibility index (Phi) is 5.26. The third kappa shape index (κ3) is 4.24. The van der Waals surface area contributed by atoms with Crippen molar-refractivity contribution in [3.63, 3.8) is 0 Å². The number of phenols is 1. The molecule has 1 aliphatic carbocycles. The lowest BCUT2D eigenvalue weighted by atomic mass is 9.95. The predicted octanol–water partition coefficient (Wildman–Crippen LogP) is 4.46. The van der Waals surface area contributed by atoms with Crippen molar-refractivity contribution in [2.24, 2.45) is 0 Å². The number of benzene rings is 1. The van der Waals surface area contributed by atoms with Gasteiger partial charge in [0, 0.05) is 17.6 Å². The van der Waals surface area contributed by atoms with E-state index in [2.05, 4.69) is 18.3 Å². The van der Waals surface area contributed by atoms with Crippen LogP contribution in [-0.4, -0.2) is 11.1 Å². The summed E-state index contributed by atoms with van der Waals surface area (Å²) in [7, 11) is 0. The maximum absolute atomic E-state index is 10.1. The van der Waals surface area contributed by atoms with Crippen LogP contribution in [0.4, 0.5) is 0 Å². The van der Waals surface area contributed by atoms with Gasteiger partial charge in [-0.1, -0.05) is 44.2 Å². The molecule has 19 heavy (non-hydrogen) atoms. The molecule has 2 rings (SSSR count). The van der Waals surface area contributed by atoms with Crippen LogP contribution in [0.3, 0.4) is 0 Å². The number of phenolic OH excluding ortho intramolecular Hbond substituents is 1. The lowest BCUT2D eigenvalue weighted by Gasteiger charge is -2.25. The second-order valence-corrected chi connectivity index (χ2v) is 5.99. The molecule has 2 heteroatoms. The zero-order valence-corrected chi connectivity index (χ0v) is 12.3. The zero-order chi connectivity index (χ0) is 13.7. The third-order valence-corrected chi connectivity index (χ3v) is 4.24. The summed E-state index contributed by atoms with van der Waals surface area (Å²) in [5.41, 5.74) is 2.13. The van der Waals surface area contributed by atoms with Crippen LogP contribution in [-0.2, 0) is 0 Å². The van der Waals surface area contributed by atoms with Gasteiger partial charge < -0.3 is 10.4 Å². The van der Waals surface area contributed by atoms with E-state index in [1.165, 1.54) is 44.9 Å². The van der Waals surface area contributed by atoms with Crippen molar-refractivity contribution in [2.75, 3.05) is 0 Å². The van der Waals surface area contributed by atoms with E-state index < -0.39 is 0 Å². The van der Waals surface area contributed by atoms with Gasteiger partial charge in [-0.15, -0.1) is 0 Å². The molecule has 0 aromatic heterocycles. The summed E-state index contributed by atoms with van der Waals surface area (Å²) < 4.78 is 0. The molecule has 0 saturated heterocycles. The predicted molar refractivity (Wildman–Crippen MR) is 80.5 cm³/mol. The van der Waals surface area contributed by atoms with Gasteiger partial charge in [-0.05, 0) is 38.3 Å². The molecule has 0 amide bonds. The molecule has 1 unspecified atom stereocenters. The highest BCUT2D eigenvalue weighted by Crippen LogP contribution is 2.27. The summed E-state index contributed by atoms with van der Waals surface area (Å²) in [5.74, 6) is 0.422. The minimum atomic E-state index is 0.227. The average molecular weight is 261 g/mol. The highest BCUT2D eigenvalue weighted by Gasteiger charge is 2.16. The van der Waals surface area contributed by atoms with Gasteiger partial charge in [-0.25, -0.2) is 0 Å². The summed E-state index contributed by atoms with van der Waals surface area (Å²) in [6, 6.07) is 6.81. The highest BCUT2D eigenvalue weighted by molar-refractivity contribution is 5.37. The van der Waals surface area contributed by atoms with Crippen LogP contribution >= 0.6 is 0 Å². The van der Waals surface area contributed by atoms with Gasteiger partial charge in [0.2, 0.25) is 0 Å². The summed E-state index contributed by atoms with van der Waals surface area (Å²) in [5, 5.41) is 13.8. The van der Waals surface area contributed by atoms with E-state index in [-0.39, 0.29) is 6.04 Å². The zero-order valence-electron chi connectivity index (χ0n) is 12.3. The van der Waals surface area contributed by atoms with E-state index in [9.17, 15) is 5.11 Å². The second kappa shape index (κ2) is 6.95. The number of hydrogen-bond donors (Lipinski definition) is 2. The van der Waals surface area contributed by atoms with Gasteiger partial charge in [0.1, 0.15) is 5.75 Å². The molecule has 0 aliphatic heterocycles.